The molecule has 0 spiro atoms. The van der Waals surface area contributed by atoms with Gasteiger partial charge in [-0.3, -0.25) is 9.79 Å². The van der Waals surface area contributed by atoms with E-state index in [1.807, 2.05) is 6.92 Å². The van der Waals surface area contributed by atoms with Crippen LogP contribution in [0.4, 0.5) is 0 Å². The molecule has 0 saturated carbocycles. The molecule has 0 aliphatic rings. The van der Waals surface area contributed by atoms with E-state index >= 15 is 0 Å². The first-order chi connectivity index (χ1) is 10.4. The highest BCUT2D eigenvalue weighted by Gasteiger charge is 2.16. The number of aromatic nitrogens is 1. The van der Waals surface area contributed by atoms with Gasteiger partial charge in [-0.05, 0) is 27.0 Å². The van der Waals surface area contributed by atoms with E-state index in [-0.39, 0.29) is 34.6 Å². The number of nitrogens with zero attached hydrogens (tertiary/aromatic N) is 2. The summed E-state index contributed by atoms with van der Waals surface area (Å²) in [6.07, 6.45) is 2.09. The van der Waals surface area contributed by atoms with Crippen LogP contribution in [0, 0.1) is 6.92 Å². The quantitative estimate of drug-likeness (QED) is 0.246. The average Bonchev–Trinajstić information content (AvgIpc) is 2.92. The molecule has 0 aliphatic carbocycles. The van der Waals surface area contributed by atoms with E-state index in [1.54, 1.807) is 24.3 Å². The molecule has 0 bridgehead atoms. The Hall–Kier alpha value is -0.550. The van der Waals surface area contributed by atoms with Gasteiger partial charge in [0.05, 0.1) is 11.2 Å². The lowest BCUT2D eigenvalue weighted by Gasteiger charge is -2.23. The van der Waals surface area contributed by atoms with Crippen LogP contribution in [0.2, 0.25) is 0 Å². The summed E-state index contributed by atoms with van der Waals surface area (Å²) >= 11 is 3.16. The third-order valence-corrected chi connectivity index (χ3v) is 5.29. The molecule has 1 aromatic heterocycles. The molecule has 0 fully saturated rings. The number of carbonyl (C=O) groups is 1. The Balaban J connectivity index is 0.00000484. The number of amides is 1. The van der Waals surface area contributed by atoms with Gasteiger partial charge in [-0.25, -0.2) is 4.98 Å². The highest BCUT2D eigenvalue weighted by atomic mass is 127. The summed E-state index contributed by atoms with van der Waals surface area (Å²) in [5, 5.41) is 9.34. The molecule has 1 rings (SSSR count). The molecule has 1 aromatic rings. The number of rotatable bonds is 7. The van der Waals surface area contributed by atoms with Gasteiger partial charge in [0.2, 0.25) is 0 Å². The van der Waals surface area contributed by atoms with Gasteiger partial charge >= 0.3 is 0 Å². The van der Waals surface area contributed by atoms with Crippen LogP contribution < -0.4 is 16.0 Å². The second kappa shape index (κ2) is 11.1. The fraction of sp³-hybridized carbons (Fsp3) is 0.643. The highest BCUT2D eigenvalue weighted by Crippen LogP contribution is 2.19. The van der Waals surface area contributed by atoms with E-state index in [0.29, 0.717) is 18.0 Å². The molecular formula is C14H26IN5OS2. The second-order valence-corrected chi connectivity index (χ2v) is 7.71. The number of thiazole rings is 1. The van der Waals surface area contributed by atoms with Crippen LogP contribution in [0.15, 0.2) is 10.5 Å². The number of guanidine groups is 1. The van der Waals surface area contributed by atoms with Gasteiger partial charge in [0.1, 0.15) is 4.88 Å². The monoisotopic (exact) mass is 471 g/mol. The maximum Gasteiger partial charge on any atom is 0.263 e. The summed E-state index contributed by atoms with van der Waals surface area (Å²) in [6, 6.07) is 0. The van der Waals surface area contributed by atoms with Crippen molar-refractivity contribution in [2.75, 3.05) is 32.9 Å². The van der Waals surface area contributed by atoms with E-state index in [1.165, 1.54) is 11.3 Å². The second-order valence-electron chi connectivity index (χ2n) is 5.34. The van der Waals surface area contributed by atoms with Crippen LogP contribution >= 0.6 is 47.1 Å². The van der Waals surface area contributed by atoms with Crippen LogP contribution in [-0.2, 0) is 0 Å². The van der Waals surface area contributed by atoms with Crippen LogP contribution in [0.1, 0.15) is 29.2 Å². The molecular weight excluding hydrogens is 445 g/mol. The molecule has 0 radical (unpaired) electrons. The molecule has 0 aliphatic heterocycles. The van der Waals surface area contributed by atoms with Crippen LogP contribution in [0.3, 0.4) is 0 Å². The van der Waals surface area contributed by atoms with Crippen molar-refractivity contribution in [3.63, 3.8) is 0 Å². The third kappa shape index (κ3) is 8.20. The normalized spacial score (nSPS) is 11.6. The lowest BCUT2D eigenvalue weighted by molar-refractivity contribution is 0.0957. The van der Waals surface area contributed by atoms with Gasteiger partial charge in [0.15, 0.2) is 5.96 Å². The van der Waals surface area contributed by atoms with E-state index in [2.05, 4.69) is 46.0 Å². The van der Waals surface area contributed by atoms with E-state index in [0.717, 1.165) is 18.2 Å². The lowest BCUT2D eigenvalue weighted by atomic mass is 10.2. The molecule has 0 aromatic carbocycles. The number of aryl methyl sites for hydroxylation is 1. The molecule has 9 heteroatoms. The van der Waals surface area contributed by atoms with Crippen molar-refractivity contribution >= 4 is 58.9 Å². The van der Waals surface area contributed by atoms with Crippen LogP contribution in [-0.4, -0.2) is 54.5 Å². The predicted molar refractivity (Wildman–Crippen MR) is 112 cm³/mol. The first kappa shape index (κ1) is 22.4. The molecule has 3 N–H and O–H groups in total. The van der Waals surface area contributed by atoms with Crippen molar-refractivity contribution in [3.05, 3.63) is 16.1 Å². The standard InChI is InChI=1S/C14H25N5OS2.HI/c1-10-11(22-9-19-10)12(20)16-6-7-17-13(15-4)18-8-14(2,3)21-5;/h9H,6-8H2,1-5H3,(H,16,20)(H2,15,17,18);1H. The minimum atomic E-state index is -0.0757. The van der Waals surface area contributed by atoms with Crippen molar-refractivity contribution in [1.82, 2.24) is 20.9 Å². The van der Waals surface area contributed by atoms with Crippen molar-refractivity contribution < 1.29 is 4.79 Å². The highest BCUT2D eigenvalue weighted by molar-refractivity contribution is 14.0. The fourth-order valence-corrected chi connectivity index (χ4v) is 2.48. The summed E-state index contributed by atoms with van der Waals surface area (Å²) in [4.78, 5) is 20.8. The van der Waals surface area contributed by atoms with Gasteiger partial charge in [0, 0.05) is 31.4 Å². The molecule has 0 unspecified atom stereocenters. The van der Waals surface area contributed by atoms with Gasteiger partial charge < -0.3 is 16.0 Å². The molecule has 0 atom stereocenters. The van der Waals surface area contributed by atoms with E-state index in [9.17, 15) is 4.79 Å². The molecule has 23 heavy (non-hydrogen) atoms. The number of carbonyl (C=O) groups excluding carboxylic acids is 1. The van der Waals surface area contributed by atoms with Gasteiger partial charge in [-0.2, -0.15) is 11.8 Å². The largest absolute Gasteiger partial charge is 0.355 e. The number of nitrogens with one attached hydrogen (secondary N) is 3. The van der Waals surface area contributed by atoms with Crippen LogP contribution in [0.25, 0.3) is 0 Å². The molecule has 1 amide bonds. The maximum absolute atomic E-state index is 11.9. The fourth-order valence-electron chi connectivity index (χ4n) is 1.55. The van der Waals surface area contributed by atoms with Crippen molar-refractivity contribution in [1.29, 1.82) is 0 Å². The van der Waals surface area contributed by atoms with Crippen molar-refractivity contribution in [3.8, 4) is 0 Å². The zero-order valence-corrected chi connectivity index (χ0v) is 18.2. The third-order valence-electron chi connectivity index (χ3n) is 3.11. The zero-order chi connectivity index (χ0) is 16.6. The Morgan fingerprint density at radius 3 is 2.52 bits per heavy atom. The average molecular weight is 471 g/mol. The van der Waals surface area contributed by atoms with E-state index < -0.39 is 0 Å². The summed E-state index contributed by atoms with van der Waals surface area (Å²) in [6.45, 7) is 8.15. The van der Waals surface area contributed by atoms with E-state index in [4.69, 9.17) is 0 Å². The Labute approximate surface area is 163 Å². The Bertz CT molecular complexity index is 519. The molecule has 132 valence electrons. The maximum atomic E-state index is 11.9. The van der Waals surface area contributed by atoms with Gasteiger partial charge in [-0.15, -0.1) is 35.3 Å². The Morgan fingerprint density at radius 2 is 2.00 bits per heavy atom. The summed E-state index contributed by atoms with van der Waals surface area (Å²) in [7, 11) is 1.74. The Kier molecular flexibility index (Phi) is 10.8. The number of thioether (sulfide) groups is 1. The number of hydrogen-bond donors (Lipinski definition) is 3. The summed E-state index contributed by atoms with van der Waals surface area (Å²) in [5.41, 5.74) is 2.45. The van der Waals surface area contributed by atoms with Gasteiger partial charge in [-0.1, -0.05) is 0 Å². The van der Waals surface area contributed by atoms with Crippen LogP contribution in [0.5, 0.6) is 0 Å². The minimum absolute atomic E-state index is 0. The first-order valence-corrected chi connectivity index (χ1v) is 9.18. The number of aliphatic imine (C=N–C) groups is 1. The molecule has 1 heterocycles. The van der Waals surface area contributed by atoms with Gasteiger partial charge in [0.25, 0.3) is 5.91 Å². The number of hydrogen-bond acceptors (Lipinski definition) is 5. The zero-order valence-electron chi connectivity index (χ0n) is 14.2. The SMILES string of the molecule is CN=C(NCCNC(=O)c1scnc1C)NCC(C)(C)SC.I. The smallest absolute Gasteiger partial charge is 0.263 e. The number of halogens is 1. The first-order valence-electron chi connectivity index (χ1n) is 7.07. The topological polar surface area (TPSA) is 78.4 Å². The summed E-state index contributed by atoms with van der Waals surface area (Å²) in [5.74, 6) is 0.665. The predicted octanol–water partition coefficient (Wildman–Crippen LogP) is 2.11. The summed E-state index contributed by atoms with van der Waals surface area (Å²) < 4.78 is 0.148. The lowest BCUT2D eigenvalue weighted by Crippen LogP contribution is -2.45. The minimum Gasteiger partial charge on any atom is -0.355 e. The van der Waals surface area contributed by atoms with Crippen molar-refractivity contribution in [2.24, 2.45) is 4.99 Å². The Morgan fingerprint density at radius 1 is 1.35 bits per heavy atom. The molecule has 0 saturated heterocycles. The molecule has 6 nitrogen and oxygen atoms in total. The van der Waals surface area contributed by atoms with Crippen molar-refractivity contribution in [2.45, 2.75) is 25.5 Å².